The topological polar surface area (TPSA) is 87.3 Å². The van der Waals surface area contributed by atoms with Gasteiger partial charge in [0.25, 0.3) is 5.89 Å². The molecular formula is C12H16BrN3O3. The van der Waals surface area contributed by atoms with Crippen molar-refractivity contribution in [3.63, 3.8) is 0 Å². The summed E-state index contributed by atoms with van der Waals surface area (Å²) in [4.78, 5) is 4.29. The van der Waals surface area contributed by atoms with Crippen LogP contribution in [0.4, 0.5) is 0 Å². The van der Waals surface area contributed by atoms with E-state index in [0.717, 1.165) is 6.42 Å². The Balaban J connectivity index is 2.14. The molecule has 0 spiro atoms. The number of furan rings is 1. The van der Waals surface area contributed by atoms with Crippen LogP contribution >= 0.6 is 15.9 Å². The van der Waals surface area contributed by atoms with Gasteiger partial charge in [-0.2, -0.15) is 4.98 Å². The number of nitrogens with zero attached hydrogens (tertiary/aromatic N) is 2. The molecule has 104 valence electrons. The van der Waals surface area contributed by atoms with Crippen molar-refractivity contribution in [2.45, 2.75) is 25.8 Å². The van der Waals surface area contributed by atoms with Gasteiger partial charge in [-0.15, -0.1) is 0 Å². The van der Waals surface area contributed by atoms with Crippen LogP contribution < -0.4 is 5.73 Å². The highest BCUT2D eigenvalue weighted by atomic mass is 79.9. The summed E-state index contributed by atoms with van der Waals surface area (Å²) in [6.07, 6.45) is 2.48. The van der Waals surface area contributed by atoms with Crippen LogP contribution in [0.25, 0.3) is 11.5 Å². The number of rotatable bonds is 6. The maximum absolute atomic E-state index is 6.14. The van der Waals surface area contributed by atoms with Gasteiger partial charge in [0.05, 0.1) is 18.4 Å². The molecule has 19 heavy (non-hydrogen) atoms. The molecule has 0 bridgehead atoms. The van der Waals surface area contributed by atoms with Crippen molar-refractivity contribution >= 4 is 15.9 Å². The van der Waals surface area contributed by atoms with Gasteiger partial charge in [0, 0.05) is 6.61 Å². The Hall–Kier alpha value is -1.18. The molecule has 0 saturated heterocycles. The summed E-state index contributed by atoms with van der Waals surface area (Å²) in [5.41, 5.74) is 6.05. The van der Waals surface area contributed by atoms with Gasteiger partial charge in [0.1, 0.15) is 5.54 Å². The normalized spacial score (nSPS) is 14.5. The van der Waals surface area contributed by atoms with Crippen molar-refractivity contribution in [1.29, 1.82) is 0 Å². The second-order valence-corrected chi connectivity index (χ2v) is 5.22. The first-order valence-corrected chi connectivity index (χ1v) is 6.78. The summed E-state index contributed by atoms with van der Waals surface area (Å²) >= 11 is 3.26. The highest BCUT2D eigenvalue weighted by Crippen LogP contribution is 2.29. The largest absolute Gasteiger partial charge is 0.457 e. The average molecular weight is 330 g/mol. The van der Waals surface area contributed by atoms with E-state index >= 15 is 0 Å². The number of halogens is 1. The molecule has 2 aromatic heterocycles. The van der Waals surface area contributed by atoms with Crippen LogP contribution in [0.5, 0.6) is 0 Å². The molecule has 2 aromatic rings. The van der Waals surface area contributed by atoms with E-state index in [1.54, 1.807) is 6.07 Å². The fourth-order valence-corrected chi connectivity index (χ4v) is 1.91. The van der Waals surface area contributed by atoms with Crippen LogP contribution in [0.1, 0.15) is 26.1 Å². The van der Waals surface area contributed by atoms with Crippen LogP contribution in [0.3, 0.4) is 0 Å². The zero-order chi connectivity index (χ0) is 13.9. The fraction of sp³-hybridized carbons (Fsp3) is 0.500. The van der Waals surface area contributed by atoms with Gasteiger partial charge < -0.3 is 19.4 Å². The highest BCUT2D eigenvalue weighted by molar-refractivity contribution is 9.10. The first-order valence-electron chi connectivity index (χ1n) is 5.99. The first-order chi connectivity index (χ1) is 9.04. The predicted molar refractivity (Wildman–Crippen MR) is 72.3 cm³/mol. The lowest BCUT2D eigenvalue weighted by molar-refractivity contribution is 0.0867. The quantitative estimate of drug-likeness (QED) is 0.820. The molecule has 6 nitrogen and oxygen atoms in total. The molecule has 0 fully saturated rings. The van der Waals surface area contributed by atoms with Crippen molar-refractivity contribution in [2.24, 2.45) is 5.73 Å². The van der Waals surface area contributed by atoms with E-state index in [0.29, 0.717) is 35.2 Å². The monoisotopic (exact) mass is 329 g/mol. The zero-order valence-electron chi connectivity index (χ0n) is 10.9. The van der Waals surface area contributed by atoms with Gasteiger partial charge in [-0.05, 0) is 35.3 Å². The Kier molecular flexibility index (Phi) is 4.38. The third-order valence-corrected chi connectivity index (χ3v) is 3.15. The second-order valence-electron chi connectivity index (χ2n) is 4.50. The molecule has 7 heteroatoms. The fourth-order valence-electron chi connectivity index (χ4n) is 1.50. The highest BCUT2D eigenvalue weighted by Gasteiger charge is 2.28. The number of hydrogen-bond acceptors (Lipinski definition) is 6. The molecule has 2 heterocycles. The minimum atomic E-state index is -0.785. The number of aromatic nitrogens is 2. The standard InChI is InChI=1S/C12H16BrN3O3/c1-3-5-17-7-12(2,14)11-15-10(19-16-11)8-4-6-18-9(8)13/h4,6H,3,5,7,14H2,1-2H3. The van der Waals surface area contributed by atoms with E-state index in [2.05, 4.69) is 26.1 Å². The van der Waals surface area contributed by atoms with Crippen molar-refractivity contribution in [2.75, 3.05) is 13.2 Å². The van der Waals surface area contributed by atoms with Crippen LogP contribution in [-0.2, 0) is 10.3 Å². The summed E-state index contributed by atoms with van der Waals surface area (Å²) in [5, 5.41) is 3.91. The third-order valence-electron chi connectivity index (χ3n) is 2.54. The van der Waals surface area contributed by atoms with E-state index in [1.807, 2.05) is 13.8 Å². The van der Waals surface area contributed by atoms with E-state index in [9.17, 15) is 0 Å². The summed E-state index contributed by atoms with van der Waals surface area (Å²) in [6.45, 7) is 4.84. The summed E-state index contributed by atoms with van der Waals surface area (Å²) in [5.74, 6) is 0.773. The van der Waals surface area contributed by atoms with Crippen LogP contribution in [0.2, 0.25) is 0 Å². The number of ether oxygens (including phenoxy) is 1. The van der Waals surface area contributed by atoms with Crippen molar-refractivity contribution in [3.05, 3.63) is 22.8 Å². The molecule has 0 aliphatic heterocycles. The zero-order valence-corrected chi connectivity index (χ0v) is 12.4. The molecule has 0 amide bonds. The molecular weight excluding hydrogens is 314 g/mol. The smallest absolute Gasteiger partial charge is 0.262 e. The molecule has 0 aromatic carbocycles. The SMILES string of the molecule is CCCOCC(C)(N)c1noc(-c2ccoc2Br)n1. The lowest BCUT2D eigenvalue weighted by Crippen LogP contribution is -2.39. The summed E-state index contributed by atoms with van der Waals surface area (Å²) < 4.78 is 16.3. The molecule has 2 N–H and O–H groups in total. The Labute approximate surface area is 119 Å². The maximum Gasteiger partial charge on any atom is 0.262 e. The Morgan fingerprint density at radius 1 is 1.53 bits per heavy atom. The van der Waals surface area contributed by atoms with Gasteiger partial charge in [0.15, 0.2) is 10.5 Å². The third kappa shape index (κ3) is 3.23. The van der Waals surface area contributed by atoms with Gasteiger partial charge in [-0.3, -0.25) is 0 Å². The van der Waals surface area contributed by atoms with E-state index < -0.39 is 5.54 Å². The molecule has 0 aliphatic rings. The van der Waals surface area contributed by atoms with Gasteiger partial charge in [-0.1, -0.05) is 12.1 Å². The van der Waals surface area contributed by atoms with Crippen molar-refractivity contribution in [3.8, 4) is 11.5 Å². The Morgan fingerprint density at radius 3 is 2.95 bits per heavy atom. The minimum Gasteiger partial charge on any atom is -0.457 e. The minimum absolute atomic E-state index is 0.340. The van der Waals surface area contributed by atoms with Crippen LogP contribution in [0.15, 0.2) is 25.9 Å². The van der Waals surface area contributed by atoms with E-state index in [1.165, 1.54) is 6.26 Å². The molecule has 0 aliphatic carbocycles. The maximum atomic E-state index is 6.14. The molecule has 2 rings (SSSR count). The summed E-state index contributed by atoms with van der Waals surface area (Å²) in [7, 11) is 0. The Bertz CT molecular complexity index is 536. The van der Waals surface area contributed by atoms with Crippen molar-refractivity contribution in [1.82, 2.24) is 10.1 Å². The molecule has 0 saturated carbocycles. The average Bonchev–Trinajstić information content (AvgIpc) is 2.97. The van der Waals surface area contributed by atoms with E-state index in [4.69, 9.17) is 19.4 Å². The first kappa shape index (κ1) is 14.2. The lowest BCUT2D eigenvalue weighted by Gasteiger charge is -2.19. The molecule has 0 radical (unpaired) electrons. The van der Waals surface area contributed by atoms with Gasteiger partial charge in [0.2, 0.25) is 0 Å². The second kappa shape index (κ2) is 5.85. The van der Waals surface area contributed by atoms with Crippen LogP contribution in [0, 0.1) is 0 Å². The lowest BCUT2D eigenvalue weighted by atomic mass is 10.1. The van der Waals surface area contributed by atoms with Gasteiger partial charge >= 0.3 is 0 Å². The predicted octanol–water partition coefficient (Wildman–Crippen LogP) is 2.69. The Morgan fingerprint density at radius 2 is 2.32 bits per heavy atom. The summed E-state index contributed by atoms with van der Waals surface area (Å²) in [6, 6.07) is 1.74. The van der Waals surface area contributed by atoms with Gasteiger partial charge in [-0.25, -0.2) is 0 Å². The number of nitrogens with two attached hydrogens (primary N) is 1. The van der Waals surface area contributed by atoms with Crippen LogP contribution in [-0.4, -0.2) is 23.4 Å². The van der Waals surface area contributed by atoms with E-state index in [-0.39, 0.29) is 0 Å². The molecule has 1 unspecified atom stereocenters. The van der Waals surface area contributed by atoms with Crippen molar-refractivity contribution < 1.29 is 13.7 Å². The molecule has 1 atom stereocenters. The number of hydrogen-bond donors (Lipinski definition) is 1.